The maximum Gasteiger partial charge on any atom is 0.315 e. The number of sulfone groups is 1. The molecule has 0 radical (unpaired) electrons. The van der Waals surface area contributed by atoms with Crippen molar-refractivity contribution in [2.24, 2.45) is 0 Å². The lowest BCUT2D eigenvalue weighted by atomic mass is 10.0. The van der Waals surface area contributed by atoms with E-state index in [0.717, 1.165) is 16.7 Å². The van der Waals surface area contributed by atoms with Crippen LogP contribution < -0.4 is 4.74 Å². The second-order valence-electron chi connectivity index (χ2n) is 5.60. The van der Waals surface area contributed by atoms with Gasteiger partial charge in [-0.3, -0.25) is 4.79 Å². The van der Waals surface area contributed by atoms with E-state index < -0.39 is 9.84 Å². The highest BCUT2D eigenvalue weighted by molar-refractivity contribution is 7.90. The minimum atomic E-state index is -2.98. The number of carbonyl (C=O) groups excluding carboxylic acids is 1. The van der Waals surface area contributed by atoms with Crippen LogP contribution in [0.3, 0.4) is 0 Å². The van der Waals surface area contributed by atoms with E-state index in [1.54, 1.807) is 12.1 Å². The summed E-state index contributed by atoms with van der Waals surface area (Å²) in [7, 11) is -2.98. The van der Waals surface area contributed by atoms with Gasteiger partial charge >= 0.3 is 5.97 Å². The van der Waals surface area contributed by atoms with Crippen LogP contribution >= 0.6 is 0 Å². The van der Waals surface area contributed by atoms with Crippen LogP contribution in [0.5, 0.6) is 5.75 Å². The molecule has 0 aliphatic carbocycles. The molecule has 0 spiro atoms. The molecule has 0 unspecified atom stereocenters. The first-order valence-corrected chi connectivity index (χ1v) is 9.41. The Bertz CT molecular complexity index is 780. The zero-order valence-electron chi connectivity index (χ0n) is 13.3. The van der Waals surface area contributed by atoms with Gasteiger partial charge in [-0.1, -0.05) is 36.4 Å². The van der Waals surface area contributed by atoms with Crippen LogP contribution in [0.15, 0.2) is 48.5 Å². The summed E-state index contributed by atoms with van der Waals surface area (Å²) in [6.07, 6.45) is 1.90. The van der Waals surface area contributed by atoms with Gasteiger partial charge in [0.2, 0.25) is 0 Å². The van der Waals surface area contributed by atoms with Crippen LogP contribution in [-0.2, 0) is 27.5 Å². The van der Waals surface area contributed by atoms with Crippen LogP contribution in [0.2, 0.25) is 0 Å². The summed E-state index contributed by atoms with van der Waals surface area (Å²) in [4.78, 5) is 11.9. The Morgan fingerprint density at radius 2 is 1.78 bits per heavy atom. The normalized spacial score (nSPS) is 11.2. The Morgan fingerprint density at radius 3 is 2.39 bits per heavy atom. The van der Waals surface area contributed by atoms with Crippen molar-refractivity contribution in [3.63, 3.8) is 0 Å². The fourth-order valence-corrected chi connectivity index (χ4v) is 2.86. The smallest absolute Gasteiger partial charge is 0.315 e. The van der Waals surface area contributed by atoms with E-state index in [2.05, 4.69) is 0 Å². The standard InChI is InChI=1S/C18H20O4S/c1-14-12-15(8-9-16(14)10-11-23(2,20)21)13-18(19)22-17-6-4-3-5-7-17/h3-9,12H,10-11,13H2,1-2H3. The van der Waals surface area contributed by atoms with Gasteiger partial charge in [0.15, 0.2) is 0 Å². The molecule has 0 saturated carbocycles. The maximum absolute atomic E-state index is 11.9. The summed E-state index contributed by atoms with van der Waals surface area (Å²) in [5, 5.41) is 0. The molecule has 5 heteroatoms. The molecule has 0 bridgehead atoms. The largest absolute Gasteiger partial charge is 0.426 e. The molecule has 0 N–H and O–H groups in total. The topological polar surface area (TPSA) is 60.4 Å². The SMILES string of the molecule is Cc1cc(CC(=O)Oc2ccccc2)ccc1CCS(C)(=O)=O. The Labute approximate surface area is 137 Å². The molecular formula is C18H20O4S. The van der Waals surface area contributed by atoms with E-state index in [1.807, 2.05) is 43.3 Å². The Morgan fingerprint density at radius 1 is 1.09 bits per heavy atom. The Balaban J connectivity index is 1.98. The number of aryl methyl sites for hydroxylation is 2. The van der Waals surface area contributed by atoms with Crippen molar-refractivity contribution in [3.8, 4) is 5.75 Å². The summed E-state index contributed by atoms with van der Waals surface area (Å²) in [5.41, 5.74) is 2.82. The number of benzene rings is 2. The number of carbonyl (C=O) groups is 1. The molecular weight excluding hydrogens is 312 g/mol. The number of hydrogen-bond donors (Lipinski definition) is 0. The molecule has 0 saturated heterocycles. The first-order chi connectivity index (χ1) is 10.8. The predicted molar refractivity (Wildman–Crippen MR) is 90.4 cm³/mol. The molecule has 0 aromatic heterocycles. The zero-order chi connectivity index (χ0) is 16.9. The van der Waals surface area contributed by atoms with E-state index in [1.165, 1.54) is 6.26 Å². The van der Waals surface area contributed by atoms with Crippen molar-refractivity contribution in [1.82, 2.24) is 0 Å². The van der Waals surface area contributed by atoms with Gasteiger partial charge in [-0.15, -0.1) is 0 Å². The third kappa shape index (κ3) is 5.87. The second-order valence-corrected chi connectivity index (χ2v) is 7.86. The van der Waals surface area contributed by atoms with Gasteiger partial charge < -0.3 is 4.74 Å². The van der Waals surface area contributed by atoms with Crippen molar-refractivity contribution in [2.45, 2.75) is 19.8 Å². The predicted octanol–water partition coefficient (Wildman–Crippen LogP) is 2.73. The van der Waals surface area contributed by atoms with Crippen molar-refractivity contribution in [1.29, 1.82) is 0 Å². The average Bonchev–Trinajstić information content (AvgIpc) is 2.46. The monoisotopic (exact) mass is 332 g/mol. The minimum absolute atomic E-state index is 0.128. The summed E-state index contributed by atoms with van der Waals surface area (Å²) in [6.45, 7) is 1.92. The number of rotatable bonds is 6. The van der Waals surface area contributed by atoms with Crippen molar-refractivity contribution in [3.05, 3.63) is 65.2 Å². The molecule has 4 nitrogen and oxygen atoms in total. The molecule has 0 amide bonds. The number of hydrogen-bond acceptors (Lipinski definition) is 4. The van der Waals surface area contributed by atoms with Gasteiger partial charge in [-0.2, -0.15) is 0 Å². The molecule has 0 aliphatic rings. The molecule has 0 heterocycles. The highest BCUT2D eigenvalue weighted by atomic mass is 32.2. The molecule has 23 heavy (non-hydrogen) atoms. The number of ether oxygens (including phenoxy) is 1. The quantitative estimate of drug-likeness (QED) is 0.603. The van der Waals surface area contributed by atoms with E-state index in [0.29, 0.717) is 12.2 Å². The van der Waals surface area contributed by atoms with E-state index in [-0.39, 0.29) is 18.1 Å². The lowest BCUT2D eigenvalue weighted by Gasteiger charge is -2.08. The van der Waals surface area contributed by atoms with E-state index in [4.69, 9.17) is 4.74 Å². The third-order valence-corrected chi connectivity index (χ3v) is 4.42. The lowest BCUT2D eigenvalue weighted by Crippen LogP contribution is -2.12. The van der Waals surface area contributed by atoms with Crippen LogP contribution in [0.25, 0.3) is 0 Å². The Kier molecular flexibility index (Phi) is 5.55. The molecule has 122 valence electrons. The van der Waals surface area contributed by atoms with Crippen LogP contribution in [0.4, 0.5) is 0 Å². The average molecular weight is 332 g/mol. The molecule has 2 aromatic rings. The van der Waals surface area contributed by atoms with E-state index in [9.17, 15) is 13.2 Å². The fraction of sp³-hybridized carbons (Fsp3) is 0.278. The molecule has 2 rings (SSSR count). The maximum atomic E-state index is 11.9. The minimum Gasteiger partial charge on any atom is -0.426 e. The summed E-state index contributed by atoms with van der Waals surface area (Å²) < 4.78 is 27.7. The molecule has 0 atom stereocenters. The van der Waals surface area contributed by atoms with Gasteiger partial charge in [0.1, 0.15) is 15.6 Å². The number of para-hydroxylation sites is 1. The lowest BCUT2D eigenvalue weighted by molar-refractivity contribution is -0.133. The van der Waals surface area contributed by atoms with Gasteiger partial charge in [0.25, 0.3) is 0 Å². The van der Waals surface area contributed by atoms with E-state index >= 15 is 0 Å². The molecule has 2 aromatic carbocycles. The highest BCUT2D eigenvalue weighted by Crippen LogP contribution is 2.15. The first kappa shape index (κ1) is 17.2. The van der Waals surface area contributed by atoms with Crippen molar-refractivity contribution < 1.29 is 17.9 Å². The van der Waals surface area contributed by atoms with Crippen molar-refractivity contribution in [2.75, 3.05) is 12.0 Å². The second kappa shape index (κ2) is 7.42. The summed E-state index contributed by atoms with van der Waals surface area (Å²) in [6, 6.07) is 14.6. The van der Waals surface area contributed by atoms with Gasteiger partial charge in [-0.05, 0) is 42.2 Å². The van der Waals surface area contributed by atoms with Gasteiger partial charge in [0.05, 0.1) is 12.2 Å². The molecule has 0 fully saturated rings. The highest BCUT2D eigenvalue weighted by Gasteiger charge is 2.09. The van der Waals surface area contributed by atoms with Crippen LogP contribution in [0.1, 0.15) is 16.7 Å². The molecule has 0 aliphatic heterocycles. The van der Waals surface area contributed by atoms with Gasteiger partial charge in [0, 0.05) is 6.26 Å². The zero-order valence-corrected chi connectivity index (χ0v) is 14.1. The summed E-state index contributed by atoms with van der Waals surface area (Å²) in [5.74, 6) is 0.335. The van der Waals surface area contributed by atoms with Crippen molar-refractivity contribution >= 4 is 15.8 Å². The summed E-state index contributed by atoms with van der Waals surface area (Å²) >= 11 is 0. The van der Waals surface area contributed by atoms with Crippen LogP contribution in [-0.4, -0.2) is 26.4 Å². The number of esters is 1. The third-order valence-electron chi connectivity index (χ3n) is 3.47. The Hall–Kier alpha value is -2.14. The fourth-order valence-electron chi connectivity index (χ4n) is 2.27. The first-order valence-electron chi connectivity index (χ1n) is 7.35. The van der Waals surface area contributed by atoms with Crippen LogP contribution in [0, 0.1) is 6.92 Å². The van der Waals surface area contributed by atoms with Gasteiger partial charge in [-0.25, -0.2) is 8.42 Å².